The molecule has 2 aliphatic rings. The summed E-state index contributed by atoms with van der Waals surface area (Å²) >= 11 is 0. The lowest BCUT2D eigenvalue weighted by atomic mass is 10.0. The standard InChI is InChI=1S/C24H33N3O.2C4H4O4/c28-20-19-26-14-5-13-25(17-18-26)15-6-16-27-23-9-3-1-7-21(23)11-12-22-8-2-4-10-24(22)27;2*5-3(6)1-2-4(7)8/h1-4,7-10,28H,5-6,11-20H2;2*1-2H,(H,5,6)(H,7,8)/b;2*2-1+. The van der Waals surface area contributed by atoms with Crippen molar-refractivity contribution in [2.24, 2.45) is 0 Å². The van der Waals surface area contributed by atoms with Gasteiger partial charge in [0, 0.05) is 42.9 Å². The lowest BCUT2D eigenvalue weighted by Gasteiger charge is -2.27. The maximum absolute atomic E-state index is 9.53. The van der Waals surface area contributed by atoms with Crippen LogP contribution in [-0.2, 0) is 32.0 Å². The summed E-state index contributed by atoms with van der Waals surface area (Å²) in [6, 6.07) is 17.9. The van der Waals surface area contributed by atoms with Gasteiger partial charge in [0.15, 0.2) is 0 Å². The SMILES string of the molecule is O=C([O-])/C=C/C(=O)O.O=C([O-])/C=C/C(=O)O.OCC[NH+]1CCC[NH+](CCCN2c3ccccc3CCc3ccccc32)CC1. The number of nitrogens with zero attached hydrogens (tertiary/aromatic N) is 1. The fraction of sp³-hybridized carbons (Fsp3) is 0.375. The van der Waals surface area contributed by atoms with Crippen molar-refractivity contribution in [2.45, 2.75) is 25.7 Å². The quantitative estimate of drug-likeness (QED) is 0.176. The zero-order valence-electron chi connectivity index (χ0n) is 24.7. The van der Waals surface area contributed by atoms with Crippen molar-refractivity contribution < 1.29 is 54.5 Å². The summed E-state index contributed by atoms with van der Waals surface area (Å²) in [6.45, 7) is 8.50. The molecule has 2 aromatic rings. The van der Waals surface area contributed by atoms with Crippen LogP contribution >= 0.6 is 0 Å². The van der Waals surface area contributed by atoms with Crippen molar-refractivity contribution in [1.82, 2.24) is 0 Å². The molecule has 0 aromatic heterocycles. The van der Waals surface area contributed by atoms with Gasteiger partial charge in [-0.05, 0) is 48.3 Å². The summed E-state index contributed by atoms with van der Waals surface area (Å²) in [5.41, 5.74) is 5.75. The van der Waals surface area contributed by atoms with Crippen LogP contribution in [-0.4, -0.2) is 91.6 Å². The van der Waals surface area contributed by atoms with Crippen molar-refractivity contribution in [1.29, 1.82) is 0 Å². The summed E-state index contributed by atoms with van der Waals surface area (Å²) in [5.74, 6) is -5.61. The van der Waals surface area contributed by atoms with Crippen LogP contribution in [0.1, 0.15) is 24.0 Å². The molecule has 2 atom stereocenters. The number of carboxylic acid groups (broad SMARTS) is 4. The maximum Gasteiger partial charge on any atom is 0.328 e. The van der Waals surface area contributed by atoms with Crippen LogP contribution in [0, 0.1) is 0 Å². The van der Waals surface area contributed by atoms with Crippen LogP contribution in [0.5, 0.6) is 0 Å². The molecule has 0 spiro atoms. The number of quaternary nitrogens is 2. The van der Waals surface area contributed by atoms with Gasteiger partial charge in [-0.15, -0.1) is 0 Å². The first-order valence-electron chi connectivity index (χ1n) is 14.6. The molecule has 44 heavy (non-hydrogen) atoms. The topological polar surface area (TPSA) is 187 Å². The van der Waals surface area contributed by atoms with Crippen molar-refractivity contribution in [3.8, 4) is 0 Å². The molecule has 12 heteroatoms. The number of benzene rings is 2. The summed E-state index contributed by atoms with van der Waals surface area (Å²) < 4.78 is 0. The van der Waals surface area contributed by atoms with E-state index in [4.69, 9.17) is 10.2 Å². The molecule has 4 rings (SSSR count). The lowest BCUT2D eigenvalue weighted by Crippen LogP contribution is -3.18. The van der Waals surface area contributed by atoms with E-state index in [9.17, 15) is 34.5 Å². The average molecular weight is 612 g/mol. The molecule has 12 nitrogen and oxygen atoms in total. The monoisotopic (exact) mass is 611 g/mol. The molecular weight excluding hydrogens is 570 g/mol. The predicted octanol–water partition coefficient (Wildman–Crippen LogP) is -2.77. The van der Waals surface area contributed by atoms with E-state index in [1.54, 1.807) is 9.80 Å². The first-order valence-corrected chi connectivity index (χ1v) is 14.6. The highest BCUT2D eigenvalue weighted by atomic mass is 16.4. The Morgan fingerprint density at radius 3 is 1.57 bits per heavy atom. The number of carboxylic acids is 4. The molecule has 0 saturated carbocycles. The van der Waals surface area contributed by atoms with E-state index in [1.165, 1.54) is 68.1 Å². The van der Waals surface area contributed by atoms with Crippen LogP contribution in [0.2, 0.25) is 0 Å². The Bertz CT molecular complexity index is 1180. The minimum Gasteiger partial charge on any atom is -0.545 e. The zero-order valence-corrected chi connectivity index (χ0v) is 24.7. The summed E-state index contributed by atoms with van der Waals surface area (Å²) in [4.78, 5) is 43.8. The second kappa shape index (κ2) is 19.6. The van der Waals surface area contributed by atoms with Crippen LogP contribution < -0.4 is 24.9 Å². The minimum absolute atomic E-state index is 0.318. The molecule has 2 heterocycles. The van der Waals surface area contributed by atoms with Crippen molar-refractivity contribution in [3.63, 3.8) is 0 Å². The van der Waals surface area contributed by atoms with E-state index < -0.39 is 23.9 Å². The average Bonchev–Trinajstić information content (AvgIpc) is 3.31. The number of anilines is 2. The van der Waals surface area contributed by atoms with Crippen molar-refractivity contribution >= 4 is 35.3 Å². The van der Waals surface area contributed by atoms with Crippen LogP contribution in [0.4, 0.5) is 11.4 Å². The fourth-order valence-corrected chi connectivity index (χ4v) is 5.23. The number of carbonyl (C=O) groups excluding carboxylic acids is 2. The fourth-order valence-electron chi connectivity index (χ4n) is 5.23. The van der Waals surface area contributed by atoms with Gasteiger partial charge < -0.3 is 49.8 Å². The van der Waals surface area contributed by atoms with E-state index in [1.807, 2.05) is 0 Å². The van der Waals surface area contributed by atoms with Gasteiger partial charge in [0.05, 0.1) is 38.2 Å². The van der Waals surface area contributed by atoms with Crippen LogP contribution in [0.15, 0.2) is 72.8 Å². The Balaban J connectivity index is 0.000000349. The maximum atomic E-state index is 9.53. The molecule has 5 N–H and O–H groups in total. The van der Waals surface area contributed by atoms with Crippen LogP contribution in [0.25, 0.3) is 0 Å². The third-order valence-corrected chi connectivity index (χ3v) is 7.22. The Hall–Kier alpha value is -4.52. The molecule has 238 valence electrons. The summed E-state index contributed by atoms with van der Waals surface area (Å²) in [5, 5.41) is 43.7. The molecular formula is C32H41N3O9. The Kier molecular flexibility index (Phi) is 15.9. The third kappa shape index (κ3) is 13.6. The number of nitrogens with one attached hydrogen (secondary N) is 2. The molecule has 0 bridgehead atoms. The van der Waals surface area contributed by atoms with Gasteiger partial charge in [-0.2, -0.15) is 0 Å². The number of fused-ring (bicyclic) bond motifs is 2. The van der Waals surface area contributed by atoms with Gasteiger partial charge in [0.2, 0.25) is 0 Å². The second-order valence-electron chi connectivity index (χ2n) is 10.3. The van der Waals surface area contributed by atoms with Gasteiger partial charge in [-0.3, -0.25) is 0 Å². The van der Waals surface area contributed by atoms with Gasteiger partial charge >= 0.3 is 11.9 Å². The van der Waals surface area contributed by atoms with Crippen molar-refractivity contribution in [3.05, 3.63) is 84.0 Å². The lowest BCUT2D eigenvalue weighted by molar-refractivity contribution is -0.938. The van der Waals surface area contributed by atoms with E-state index in [-0.39, 0.29) is 0 Å². The van der Waals surface area contributed by atoms with Crippen molar-refractivity contribution in [2.75, 3.05) is 57.3 Å². The van der Waals surface area contributed by atoms with E-state index in [2.05, 4.69) is 53.4 Å². The third-order valence-electron chi connectivity index (χ3n) is 7.22. The molecule has 0 radical (unpaired) electrons. The minimum atomic E-state index is -1.51. The van der Waals surface area contributed by atoms with E-state index in [0.29, 0.717) is 30.9 Å². The number of aliphatic carboxylic acids is 4. The molecule has 0 aliphatic carbocycles. The van der Waals surface area contributed by atoms with Gasteiger partial charge in [0.25, 0.3) is 0 Å². The Morgan fingerprint density at radius 2 is 1.16 bits per heavy atom. The molecule has 2 unspecified atom stereocenters. The van der Waals surface area contributed by atoms with E-state index >= 15 is 0 Å². The number of hydrogen-bond donors (Lipinski definition) is 5. The van der Waals surface area contributed by atoms with Gasteiger partial charge in [0.1, 0.15) is 19.6 Å². The summed E-state index contributed by atoms with van der Waals surface area (Å²) in [6.07, 6.45) is 6.64. The normalized spacial score (nSPS) is 17.5. The molecule has 1 saturated heterocycles. The first kappa shape index (κ1) is 35.7. The number of aliphatic hydroxyl groups is 1. The number of hydrogen-bond acceptors (Lipinski definition) is 8. The highest BCUT2D eigenvalue weighted by Gasteiger charge is 2.22. The molecule has 0 amide bonds. The zero-order chi connectivity index (χ0) is 32.3. The van der Waals surface area contributed by atoms with Gasteiger partial charge in [-0.1, -0.05) is 36.4 Å². The largest absolute Gasteiger partial charge is 0.545 e. The predicted molar refractivity (Wildman–Crippen MR) is 158 cm³/mol. The number of aryl methyl sites for hydroxylation is 2. The Labute approximate surface area is 256 Å². The highest BCUT2D eigenvalue weighted by Crippen LogP contribution is 2.35. The highest BCUT2D eigenvalue weighted by molar-refractivity contribution is 5.89. The smallest absolute Gasteiger partial charge is 0.328 e. The molecule has 2 aromatic carbocycles. The van der Waals surface area contributed by atoms with Crippen LogP contribution in [0.3, 0.4) is 0 Å². The molecule has 2 aliphatic heterocycles. The number of carbonyl (C=O) groups is 4. The first-order chi connectivity index (χ1) is 21.1. The Morgan fingerprint density at radius 1 is 0.705 bits per heavy atom. The number of rotatable bonds is 10. The second-order valence-corrected chi connectivity index (χ2v) is 10.3. The molecule has 1 fully saturated rings. The van der Waals surface area contributed by atoms with Gasteiger partial charge in [-0.25, -0.2) is 9.59 Å². The van der Waals surface area contributed by atoms with E-state index in [0.717, 1.165) is 25.9 Å². The number of aliphatic hydroxyl groups excluding tert-OH is 1. The number of para-hydroxylation sites is 2. The summed E-state index contributed by atoms with van der Waals surface area (Å²) in [7, 11) is 0.